The molecule has 1 saturated heterocycles. The van der Waals surface area contributed by atoms with Gasteiger partial charge >= 0.3 is 0 Å². The molecule has 5 nitrogen and oxygen atoms in total. The number of aliphatic hydroxyl groups excluding tert-OH is 1. The van der Waals surface area contributed by atoms with Crippen molar-refractivity contribution in [2.75, 3.05) is 36.5 Å². The Labute approximate surface area is 148 Å². The molecule has 25 heavy (non-hydrogen) atoms. The van der Waals surface area contributed by atoms with E-state index < -0.39 is 0 Å². The summed E-state index contributed by atoms with van der Waals surface area (Å²) in [5.41, 5.74) is 2.89. The standard InChI is InChI=1S/C20H23N3O2/c21-15-16-5-7-18(8-6-16)25-14-11-22-19-3-1-2-4-20(19)23-12-9-17(24)10-13-23/h1-8,17,22,24H,9-14H2. The van der Waals surface area contributed by atoms with Gasteiger partial charge in [-0.15, -0.1) is 0 Å². The van der Waals surface area contributed by atoms with Crippen LogP contribution in [0.15, 0.2) is 48.5 Å². The molecule has 0 atom stereocenters. The second kappa shape index (κ2) is 8.41. The number of hydrogen-bond acceptors (Lipinski definition) is 5. The van der Waals surface area contributed by atoms with E-state index in [9.17, 15) is 5.11 Å². The Morgan fingerprint density at radius 3 is 2.56 bits per heavy atom. The maximum absolute atomic E-state index is 9.68. The predicted octanol–water partition coefficient (Wildman–Crippen LogP) is 3.01. The lowest BCUT2D eigenvalue weighted by Gasteiger charge is -2.33. The molecule has 0 aliphatic carbocycles. The zero-order valence-corrected chi connectivity index (χ0v) is 14.2. The van der Waals surface area contributed by atoms with E-state index in [2.05, 4.69) is 28.4 Å². The van der Waals surface area contributed by atoms with Gasteiger partial charge in [0.15, 0.2) is 0 Å². The molecule has 0 unspecified atom stereocenters. The van der Waals surface area contributed by atoms with Gasteiger partial charge in [0.05, 0.1) is 29.1 Å². The average Bonchev–Trinajstić information content (AvgIpc) is 2.67. The lowest BCUT2D eigenvalue weighted by atomic mass is 10.1. The van der Waals surface area contributed by atoms with Crippen molar-refractivity contribution in [3.8, 4) is 11.8 Å². The molecule has 5 heteroatoms. The zero-order valence-electron chi connectivity index (χ0n) is 14.2. The topological polar surface area (TPSA) is 68.5 Å². The largest absolute Gasteiger partial charge is 0.492 e. The fourth-order valence-corrected chi connectivity index (χ4v) is 2.99. The first-order chi connectivity index (χ1) is 12.3. The molecular formula is C20H23N3O2. The molecule has 1 heterocycles. The van der Waals surface area contributed by atoms with Crippen molar-refractivity contribution in [1.82, 2.24) is 0 Å². The first-order valence-electron chi connectivity index (χ1n) is 8.65. The van der Waals surface area contributed by atoms with E-state index >= 15 is 0 Å². The Balaban J connectivity index is 1.52. The van der Waals surface area contributed by atoms with Gasteiger partial charge in [0.2, 0.25) is 0 Å². The van der Waals surface area contributed by atoms with Gasteiger partial charge < -0.3 is 20.1 Å². The summed E-state index contributed by atoms with van der Waals surface area (Å²) in [7, 11) is 0. The van der Waals surface area contributed by atoms with Crippen LogP contribution >= 0.6 is 0 Å². The van der Waals surface area contributed by atoms with Gasteiger partial charge in [-0.25, -0.2) is 0 Å². The van der Waals surface area contributed by atoms with Crippen LogP contribution in [0.2, 0.25) is 0 Å². The van der Waals surface area contributed by atoms with Crippen molar-refractivity contribution in [1.29, 1.82) is 5.26 Å². The Morgan fingerprint density at radius 1 is 1.12 bits per heavy atom. The smallest absolute Gasteiger partial charge is 0.119 e. The third kappa shape index (κ3) is 4.65. The highest BCUT2D eigenvalue weighted by Gasteiger charge is 2.18. The zero-order chi connectivity index (χ0) is 17.5. The number of hydrogen-bond donors (Lipinski definition) is 2. The summed E-state index contributed by atoms with van der Waals surface area (Å²) in [5.74, 6) is 0.763. The highest BCUT2D eigenvalue weighted by molar-refractivity contribution is 5.70. The normalized spacial score (nSPS) is 14.8. The van der Waals surface area contributed by atoms with Crippen LogP contribution in [0.3, 0.4) is 0 Å². The second-order valence-electron chi connectivity index (χ2n) is 6.15. The molecule has 0 spiro atoms. The highest BCUT2D eigenvalue weighted by atomic mass is 16.5. The van der Waals surface area contributed by atoms with Crippen molar-refractivity contribution in [2.45, 2.75) is 18.9 Å². The van der Waals surface area contributed by atoms with E-state index in [0.29, 0.717) is 18.7 Å². The molecule has 2 aromatic carbocycles. The molecule has 2 N–H and O–H groups in total. The Kier molecular flexibility index (Phi) is 5.76. The molecule has 1 aliphatic rings. The van der Waals surface area contributed by atoms with E-state index in [1.54, 1.807) is 12.1 Å². The van der Waals surface area contributed by atoms with Crippen molar-refractivity contribution in [2.24, 2.45) is 0 Å². The van der Waals surface area contributed by atoms with E-state index in [1.807, 2.05) is 24.3 Å². The van der Waals surface area contributed by atoms with E-state index in [4.69, 9.17) is 10.00 Å². The molecule has 1 aliphatic heterocycles. The van der Waals surface area contributed by atoms with Crippen molar-refractivity contribution < 1.29 is 9.84 Å². The van der Waals surface area contributed by atoms with Crippen LogP contribution in [0.1, 0.15) is 18.4 Å². The molecule has 3 rings (SSSR count). The van der Waals surface area contributed by atoms with Crippen LogP contribution in [0.5, 0.6) is 5.75 Å². The number of anilines is 2. The fourth-order valence-electron chi connectivity index (χ4n) is 2.99. The molecule has 0 bridgehead atoms. The molecule has 1 fully saturated rings. The number of nitrogens with one attached hydrogen (secondary N) is 1. The number of ether oxygens (including phenoxy) is 1. The van der Waals surface area contributed by atoms with Crippen molar-refractivity contribution in [3.05, 3.63) is 54.1 Å². The Morgan fingerprint density at radius 2 is 1.84 bits per heavy atom. The number of piperidine rings is 1. The second-order valence-corrected chi connectivity index (χ2v) is 6.15. The number of nitriles is 1. The van der Waals surface area contributed by atoms with Gasteiger partial charge in [0.1, 0.15) is 12.4 Å². The van der Waals surface area contributed by atoms with Crippen LogP contribution in [0.4, 0.5) is 11.4 Å². The van der Waals surface area contributed by atoms with E-state index in [-0.39, 0.29) is 6.10 Å². The monoisotopic (exact) mass is 337 g/mol. The van der Waals surface area contributed by atoms with Crippen LogP contribution in [0.25, 0.3) is 0 Å². The summed E-state index contributed by atoms with van der Waals surface area (Å²) in [5, 5.41) is 21.9. The Hall–Kier alpha value is -2.71. The summed E-state index contributed by atoms with van der Waals surface area (Å²) >= 11 is 0. The molecular weight excluding hydrogens is 314 g/mol. The van der Waals surface area contributed by atoms with Crippen LogP contribution < -0.4 is 15.0 Å². The van der Waals surface area contributed by atoms with Gasteiger partial charge in [0, 0.05) is 19.6 Å². The first kappa shape index (κ1) is 17.1. The molecule has 2 aromatic rings. The molecule has 0 radical (unpaired) electrons. The van der Waals surface area contributed by atoms with Gasteiger partial charge in [-0.1, -0.05) is 12.1 Å². The number of rotatable bonds is 6. The number of aliphatic hydroxyl groups is 1. The van der Waals surface area contributed by atoms with Gasteiger partial charge in [-0.2, -0.15) is 5.26 Å². The van der Waals surface area contributed by atoms with Gasteiger partial charge in [-0.3, -0.25) is 0 Å². The minimum Gasteiger partial charge on any atom is -0.492 e. The van der Waals surface area contributed by atoms with Crippen LogP contribution in [-0.2, 0) is 0 Å². The summed E-state index contributed by atoms with van der Waals surface area (Å²) in [6.07, 6.45) is 1.46. The number of benzene rings is 2. The van der Waals surface area contributed by atoms with Crippen molar-refractivity contribution >= 4 is 11.4 Å². The minimum atomic E-state index is -0.169. The minimum absolute atomic E-state index is 0.169. The predicted molar refractivity (Wildman–Crippen MR) is 99.0 cm³/mol. The van der Waals surface area contributed by atoms with Crippen molar-refractivity contribution in [3.63, 3.8) is 0 Å². The lowest BCUT2D eigenvalue weighted by molar-refractivity contribution is 0.145. The summed E-state index contributed by atoms with van der Waals surface area (Å²) in [6, 6.07) is 17.5. The number of nitrogens with zero attached hydrogens (tertiary/aromatic N) is 2. The van der Waals surface area contributed by atoms with Crippen LogP contribution in [0, 0.1) is 11.3 Å². The van der Waals surface area contributed by atoms with Gasteiger partial charge in [0.25, 0.3) is 0 Å². The lowest BCUT2D eigenvalue weighted by Crippen LogP contribution is -2.36. The average molecular weight is 337 g/mol. The third-order valence-corrected chi connectivity index (χ3v) is 4.38. The molecule has 0 saturated carbocycles. The van der Waals surface area contributed by atoms with E-state index in [1.165, 1.54) is 5.69 Å². The Bertz CT molecular complexity index is 716. The van der Waals surface area contributed by atoms with E-state index in [0.717, 1.165) is 37.4 Å². The number of para-hydroxylation sites is 2. The SMILES string of the molecule is N#Cc1ccc(OCCNc2ccccc2N2CCC(O)CC2)cc1. The summed E-state index contributed by atoms with van der Waals surface area (Å²) in [4.78, 5) is 2.32. The molecule has 130 valence electrons. The van der Waals surface area contributed by atoms with Crippen LogP contribution in [-0.4, -0.2) is 37.5 Å². The highest BCUT2D eigenvalue weighted by Crippen LogP contribution is 2.28. The maximum atomic E-state index is 9.68. The van der Waals surface area contributed by atoms with Gasteiger partial charge in [-0.05, 0) is 49.2 Å². The molecule has 0 amide bonds. The fraction of sp³-hybridized carbons (Fsp3) is 0.350. The molecule has 0 aromatic heterocycles. The summed E-state index contributed by atoms with van der Waals surface area (Å²) < 4.78 is 5.71. The third-order valence-electron chi connectivity index (χ3n) is 4.38. The summed E-state index contributed by atoms with van der Waals surface area (Å²) in [6.45, 7) is 2.98. The first-order valence-corrected chi connectivity index (χ1v) is 8.65. The maximum Gasteiger partial charge on any atom is 0.119 e. The quantitative estimate of drug-likeness (QED) is 0.793.